The Labute approximate surface area is 118 Å². The van der Waals surface area contributed by atoms with E-state index < -0.39 is 0 Å². The predicted molar refractivity (Wildman–Crippen MR) is 73.7 cm³/mol. The van der Waals surface area contributed by atoms with Crippen LogP contribution in [0.1, 0.15) is 24.8 Å². The Balaban J connectivity index is 1.88. The third-order valence-corrected chi connectivity index (χ3v) is 3.68. The molecule has 1 saturated heterocycles. The van der Waals surface area contributed by atoms with Crippen molar-refractivity contribution in [2.75, 3.05) is 13.2 Å². The zero-order valence-corrected chi connectivity index (χ0v) is 11.3. The smallest absolute Gasteiger partial charge is 0.204 e. The number of carbonyl (C=O) groups excluding carboxylic acids is 2. The molecule has 1 aliphatic carbocycles. The van der Waals surface area contributed by atoms with Gasteiger partial charge in [-0.3, -0.25) is 9.59 Å². The van der Waals surface area contributed by atoms with Crippen molar-refractivity contribution in [2.45, 2.75) is 25.8 Å². The first-order valence-electron chi connectivity index (χ1n) is 6.98. The lowest BCUT2D eigenvalue weighted by Gasteiger charge is -2.21. The van der Waals surface area contributed by atoms with Crippen molar-refractivity contribution >= 4 is 11.6 Å². The molecule has 2 aliphatic rings. The van der Waals surface area contributed by atoms with Crippen LogP contribution >= 0.6 is 0 Å². The molecule has 1 aromatic rings. The van der Waals surface area contributed by atoms with Crippen molar-refractivity contribution < 1.29 is 14.3 Å². The molecule has 4 heteroatoms. The lowest BCUT2D eigenvalue weighted by Crippen LogP contribution is -2.27. The highest BCUT2D eigenvalue weighted by Gasteiger charge is 2.32. The molecule has 1 saturated carbocycles. The third-order valence-electron chi connectivity index (χ3n) is 3.68. The summed E-state index contributed by atoms with van der Waals surface area (Å²) in [5, 5.41) is 0. The van der Waals surface area contributed by atoms with E-state index in [0.29, 0.717) is 44.8 Å². The fraction of sp³-hybridized carbons (Fsp3) is 0.375. The molecule has 1 heterocycles. The Morgan fingerprint density at radius 3 is 2.45 bits per heavy atom. The van der Waals surface area contributed by atoms with Gasteiger partial charge in [-0.25, -0.2) is 0 Å². The largest absolute Gasteiger partial charge is 0.477 e. The summed E-state index contributed by atoms with van der Waals surface area (Å²) >= 11 is 0. The number of ether oxygens (including phenoxy) is 1. The van der Waals surface area contributed by atoms with Gasteiger partial charge in [0.1, 0.15) is 12.2 Å². The van der Waals surface area contributed by atoms with Crippen LogP contribution in [0.4, 0.5) is 0 Å². The minimum Gasteiger partial charge on any atom is -0.477 e. The monoisotopic (exact) mass is 271 g/mol. The average Bonchev–Trinajstić information content (AvgIpc) is 2.88. The van der Waals surface area contributed by atoms with E-state index in [1.54, 1.807) is 0 Å². The third kappa shape index (κ3) is 2.46. The summed E-state index contributed by atoms with van der Waals surface area (Å²) in [6.45, 7) is 1.92. The van der Waals surface area contributed by atoms with Crippen molar-refractivity contribution in [1.82, 2.24) is 4.90 Å². The van der Waals surface area contributed by atoms with Gasteiger partial charge in [-0.05, 0) is 12.0 Å². The second-order valence-electron chi connectivity index (χ2n) is 5.14. The van der Waals surface area contributed by atoms with Crippen LogP contribution in [0.15, 0.2) is 41.8 Å². The summed E-state index contributed by atoms with van der Waals surface area (Å²) in [7, 11) is 0. The summed E-state index contributed by atoms with van der Waals surface area (Å²) in [4.78, 5) is 26.0. The van der Waals surface area contributed by atoms with Gasteiger partial charge in [0.25, 0.3) is 0 Å². The van der Waals surface area contributed by atoms with Gasteiger partial charge < -0.3 is 9.64 Å². The Bertz CT molecular complexity index is 544. The van der Waals surface area contributed by atoms with Crippen molar-refractivity contribution in [1.29, 1.82) is 0 Å². The van der Waals surface area contributed by atoms with E-state index in [0.717, 1.165) is 5.56 Å². The van der Waals surface area contributed by atoms with Crippen molar-refractivity contribution in [3.8, 4) is 0 Å². The van der Waals surface area contributed by atoms with Crippen LogP contribution in [-0.4, -0.2) is 29.6 Å². The molecule has 2 fully saturated rings. The number of rotatable bonds is 2. The first-order chi connectivity index (χ1) is 9.75. The maximum absolute atomic E-state index is 12.0. The Hall–Kier alpha value is -2.10. The number of hydrogen-bond donors (Lipinski definition) is 0. The molecule has 0 bridgehead atoms. The Kier molecular flexibility index (Phi) is 3.54. The van der Waals surface area contributed by atoms with Crippen LogP contribution in [0, 0.1) is 0 Å². The van der Waals surface area contributed by atoms with Gasteiger partial charge in [0.15, 0.2) is 11.6 Å². The van der Waals surface area contributed by atoms with Crippen LogP contribution in [0.25, 0.3) is 0 Å². The van der Waals surface area contributed by atoms with Gasteiger partial charge in [-0.15, -0.1) is 0 Å². The van der Waals surface area contributed by atoms with Crippen molar-refractivity contribution in [2.24, 2.45) is 0 Å². The highest BCUT2D eigenvalue weighted by atomic mass is 16.5. The SMILES string of the molecule is O=C1CCCC(=O)C1=C1OCCN1Cc1ccccc1. The first-order valence-corrected chi connectivity index (χ1v) is 6.98. The number of Topliss-reactive ketones (excluding diaryl/α,β-unsaturated/α-hetero) is 2. The average molecular weight is 271 g/mol. The number of allylic oxidation sites excluding steroid dienone is 1. The number of nitrogens with zero attached hydrogens (tertiary/aromatic N) is 1. The van der Waals surface area contributed by atoms with E-state index >= 15 is 0 Å². The molecule has 104 valence electrons. The van der Waals surface area contributed by atoms with Gasteiger partial charge in [0, 0.05) is 19.4 Å². The van der Waals surface area contributed by atoms with Crippen molar-refractivity contribution in [3.05, 3.63) is 47.4 Å². The maximum atomic E-state index is 12.0. The summed E-state index contributed by atoms with van der Waals surface area (Å²) in [6, 6.07) is 10.00. The van der Waals surface area contributed by atoms with Crippen LogP contribution in [-0.2, 0) is 20.9 Å². The van der Waals surface area contributed by atoms with E-state index in [4.69, 9.17) is 4.74 Å². The highest BCUT2D eigenvalue weighted by Crippen LogP contribution is 2.27. The standard InChI is InChI=1S/C16H17NO3/c18-13-7-4-8-14(19)15(13)16-17(9-10-20-16)11-12-5-2-1-3-6-12/h1-3,5-6H,4,7-11H2. The van der Waals surface area contributed by atoms with E-state index in [2.05, 4.69) is 0 Å². The molecule has 0 N–H and O–H groups in total. The quantitative estimate of drug-likeness (QED) is 0.610. The minimum absolute atomic E-state index is 0.0730. The minimum atomic E-state index is -0.0730. The summed E-state index contributed by atoms with van der Waals surface area (Å²) in [6.07, 6.45) is 1.56. The maximum Gasteiger partial charge on any atom is 0.204 e. The molecule has 0 atom stereocenters. The van der Waals surface area contributed by atoms with E-state index in [9.17, 15) is 9.59 Å². The molecule has 1 aromatic carbocycles. The Morgan fingerprint density at radius 2 is 1.75 bits per heavy atom. The molecule has 3 rings (SSSR count). The molecule has 0 unspecified atom stereocenters. The fourth-order valence-electron chi connectivity index (χ4n) is 2.68. The highest BCUT2D eigenvalue weighted by molar-refractivity contribution is 6.22. The first kappa shape index (κ1) is 12.9. The van der Waals surface area contributed by atoms with E-state index in [-0.39, 0.29) is 17.1 Å². The molecular formula is C16H17NO3. The Morgan fingerprint density at radius 1 is 1.05 bits per heavy atom. The number of hydrogen-bond acceptors (Lipinski definition) is 4. The molecule has 1 aliphatic heterocycles. The zero-order valence-electron chi connectivity index (χ0n) is 11.3. The van der Waals surface area contributed by atoms with Gasteiger partial charge in [-0.2, -0.15) is 0 Å². The summed E-state index contributed by atoms with van der Waals surface area (Å²) < 4.78 is 5.58. The lowest BCUT2D eigenvalue weighted by molar-refractivity contribution is -0.124. The molecule has 20 heavy (non-hydrogen) atoms. The lowest BCUT2D eigenvalue weighted by atomic mass is 9.92. The number of benzene rings is 1. The second kappa shape index (κ2) is 5.49. The molecular weight excluding hydrogens is 254 g/mol. The van der Waals surface area contributed by atoms with Gasteiger partial charge in [0.05, 0.1) is 6.54 Å². The molecule has 0 spiro atoms. The summed E-state index contributed by atoms with van der Waals surface area (Å²) in [5.41, 5.74) is 1.43. The van der Waals surface area contributed by atoms with Crippen LogP contribution in [0.2, 0.25) is 0 Å². The topological polar surface area (TPSA) is 46.6 Å². The van der Waals surface area contributed by atoms with Crippen LogP contribution < -0.4 is 0 Å². The second-order valence-corrected chi connectivity index (χ2v) is 5.14. The normalized spacial score (nSPS) is 19.5. The zero-order chi connectivity index (χ0) is 13.9. The molecule has 0 radical (unpaired) electrons. The molecule has 4 nitrogen and oxygen atoms in total. The number of ketones is 2. The number of carbonyl (C=O) groups is 2. The van der Waals surface area contributed by atoms with Crippen LogP contribution in [0.5, 0.6) is 0 Å². The van der Waals surface area contributed by atoms with E-state index in [1.807, 2.05) is 35.2 Å². The predicted octanol–water partition coefficient (Wildman–Crippen LogP) is 2.05. The van der Waals surface area contributed by atoms with Crippen LogP contribution in [0.3, 0.4) is 0 Å². The van der Waals surface area contributed by atoms with Gasteiger partial charge >= 0.3 is 0 Å². The molecule has 0 amide bonds. The van der Waals surface area contributed by atoms with E-state index in [1.165, 1.54) is 0 Å². The van der Waals surface area contributed by atoms with Gasteiger partial charge in [-0.1, -0.05) is 30.3 Å². The van der Waals surface area contributed by atoms with Gasteiger partial charge in [0.2, 0.25) is 5.88 Å². The fourth-order valence-corrected chi connectivity index (χ4v) is 2.68. The molecule has 0 aromatic heterocycles. The summed E-state index contributed by atoms with van der Waals surface area (Å²) in [5.74, 6) is 0.343. The van der Waals surface area contributed by atoms with Crippen molar-refractivity contribution in [3.63, 3.8) is 0 Å².